The Morgan fingerprint density at radius 3 is 1.82 bits per heavy atom. The molecule has 1 aliphatic carbocycles. The van der Waals surface area contributed by atoms with E-state index in [-0.39, 0.29) is 5.41 Å². The molecule has 9 aromatic carbocycles. The van der Waals surface area contributed by atoms with Crippen molar-refractivity contribution < 1.29 is 8.83 Å². The molecule has 0 spiro atoms. The predicted octanol–water partition coefficient (Wildman–Crippen LogP) is 16.3. The van der Waals surface area contributed by atoms with Crippen molar-refractivity contribution in [3.05, 3.63) is 211 Å². The highest BCUT2D eigenvalue weighted by Gasteiger charge is 2.39. The summed E-state index contributed by atoms with van der Waals surface area (Å²) in [5.74, 6) is 0. The van der Waals surface area contributed by atoms with Crippen LogP contribution in [0.2, 0.25) is 0 Å². The molecular weight excluding hydrogens is 731 g/mol. The molecule has 2 heterocycles. The third kappa shape index (κ3) is 5.15. The molecule has 284 valence electrons. The van der Waals surface area contributed by atoms with Gasteiger partial charge in [-0.15, -0.1) is 0 Å². The first-order valence-corrected chi connectivity index (χ1v) is 20.7. The Bertz CT molecular complexity index is 3460. The fourth-order valence-corrected chi connectivity index (χ4v) is 9.92. The molecule has 2 aromatic heterocycles. The first kappa shape index (κ1) is 34.4. The third-order valence-electron chi connectivity index (χ3n) is 12.7. The van der Waals surface area contributed by atoms with Gasteiger partial charge in [-0.2, -0.15) is 0 Å². The van der Waals surface area contributed by atoms with Crippen LogP contribution < -0.4 is 4.90 Å². The van der Waals surface area contributed by atoms with E-state index in [1.54, 1.807) is 0 Å². The number of benzene rings is 9. The van der Waals surface area contributed by atoms with Crippen molar-refractivity contribution in [3.8, 4) is 44.5 Å². The molecule has 0 radical (unpaired) electrons. The van der Waals surface area contributed by atoms with Crippen molar-refractivity contribution in [2.24, 2.45) is 0 Å². The fraction of sp³-hybridized carbons (Fsp3) is 0.0526. The molecule has 12 rings (SSSR count). The number of fused-ring (bicyclic) bond motifs is 9. The highest BCUT2D eigenvalue weighted by Crippen LogP contribution is 2.56. The lowest BCUT2D eigenvalue weighted by Crippen LogP contribution is -2.20. The molecule has 3 heteroatoms. The maximum absolute atomic E-state index is 7.02. The number of nitrogens with zero attached hydrogens (tertiary/aromatic N) is 1. The molecule has 0 N–H and O–H groups in total. The van der Waals surface area contributed by atoms with Crippen LogP contribution in [-0.4, -0.2) is 0 Å². The summed E-state index contributed by atoms with van der Waals surface area (Å²) in [6.45, 7) is 4.73. The van der Waals surface area contributed by atoms with Gasteiger partial charge in [0.2, 0.25) is 0 Å². The van der Waals surface area contributed by atoms with Crippen LogP contribution in [-0.2, 0) is 5.41 Å². The maximum atomic E-state index is 7.02. The number of rotatable bonds is 6. The summed E-state index contributed by atoms with van der Waals surface area (Å²) in [6.07, 6.45) is 0. The van der Waals surface area contributed by atoms with Gasteiger partial charge in [0.1, 0.15) is 22.3 Å². The zero-order chi connectivity index (χ0) is 40.0. The van der Waals surface area contributed by atoms with E-state index < -0.39 is 0 Å². The molecule has 0 atom stereocenters. The first-order valence-electron chi connectivity index (χ1n) is 20.7. The Kier molecular flexibility index (Phi) is 7.58. The van der Waals surface area contributed by atoms with E-state index in [4.69, 9.17) is 8.83 Å². The van der Waals surface area contributed by atoms with Gasteiger partial charge in [-0.3, -0.25) is 0 Å². The van der Waals surface area contributed by atoms with Gasteiger partial charge in [-0.25, -0.2) is 0 Å². The average Bonchev–Trinajstić information content (AvgIpc) is 3.95. The lowest BCUT2D eigenvalue weighted by Gasteiger charge is -2.32. The monoisotopic (exact) mass is 769 g/mol. The van der Waals surface area contributed by atoms with Crippen LogP contribution in [0.1, 0.15) is 25.0 Å². The summed E-state index contributed by atoms with van der Waals surface area (Å²) in [7, 11) is 0. The van der Waals surface area contributed by atoms with Gasteiger partial charge in [-0.1, -0.05) is 159 Å². The molecule has 3 nitrogen and oxygen atoms in total. The minimum absolute atomic E-state index is 0.234. The lowest BCUT2D eigenvalue weighted by molar-refractivity contribution is 0.661. The van der Waals surface area contributed by atoms with Crippen LogP contribution >= 0.6 is 0 Å². The quantitative estimate of drug-likeness (QED) is 0.169. The molecule has 0 saturated heterocycles. The number of hydrogen-bond acceptors (Lipinski definition) is 3. The molecule has 0 fully saturated rings. The van der Waals surface area contributed by atoms with Gasteiger partial charge in [0.05, 0.1) is 16.8 Å². The smallest absolute Gasteiger partial charge is 0.145 e. The number of para-hydroxylation sites is 2. The summed E-state index contributed by atoms with van der Waals surface area (Å²) in [6, 6.07) is 71.8. The summed E-state index contributed by atoms with van der Waals surface area (Å²) >= 11 is 0. The second kappa shape index (κ2) is 13.2. The highest BCUT2D eigenvalue weighted by atomic mass is 16.3. The Morgan fingerprint density at radius 1 is 0.383 bits per heavy atom. The second-order valence-corrected chi connectivity index (χ2v) is 16.4. The van der Waals surface area contributed by atoms with Crippen LogP contribution in [0.4, 0.5) is 17.1 Å². The van der Waals surface area contributed by atoms with Crippen LogP contribution in [0, 0.1) is 0 Å². The maximum Gasteiger partial charge on any atom is 0.145 e. The second-order valence-electron chi connectivity index (χ2n) is 16.4. The first-order chi connectivity index (χ1) is 29.5. The molecular formula is C57H39NO2. The van der Waals surface area contributed by atoms with E-state index in [0.29, 0.717) is 0 Å². The summed E-state index contributed by atoms with van der Waals surface area (Å²) in [5, 5.41) is 4.39. The zero-order valence-corrected chi connectivity index (χ0v) is 33.3. The van der Waals surface area contributed by atoms with E-state index >= 15 is 0 Å². The van der Waals surface area contributed by atoms with Crippen molar-refractivity contribution in [1.82, 2.24) is 0 Å². The molecule has 0 aliphatic heterocycles. The SMILES string of the molecule is CC1(C)c2ccccc2-c2cccc(N(c3ccc(-c4ccccc4)cc3)c3ccc(-c4ccccc4-c4ccc5c(c4)oc4ccccc45)c4oc5ccccc5c34)c21. The molecule has 1 aliphatic rings. The standard InChI is InChI=1S/C57H39NO2/c1-57(2)48-23-11-8-19-42(48)45-22-14-24-50(55(45)57)58(39-30-27-37(28-31-39)36-15-4-3-5-16-36)49-34-33-46(56-54(49)47-21-10-13-26-52(47)60-56)41-18-7-6-17-40(41)38-29-32-44-43-20-9-12-25-51(43)59-53(44)35-38/h3-35H,1-2H3. The molecule has 60 heavy (non-hydrogen) atoms. The van der Waals surface area contributed by atoms with Gasteiger partial charge in [-0.05, 0) is 105 Å². The van der Waals surface area contributed by atoms with Crippen molar-refractivity contribution in [2.75, 3.05) is 4.90 Å². The van der Waals surface area contributed by atoms with E-state index in [9.17, 15) is 0 Å². The highest BCUT2D eigenvalue weighted by molar-refractivity contribution is 6.18. The predicted molar refractivity (Wildman–Crippen MR) is 250 cm³/mol. The largest absolute Gasteiger partial charge is 0.456 e. The van der Waals surface area contributed by atoms with Crippen molar-refractivity contribution >= 4 is 60.9 Å². The van der Waals surface area contributed by atoms with E-state index in [0.717, 1.165) is 83.2 Å². The zero-order valence-electron chi connectivity index (χ0n) is 33.3. The molecule has 0 saturated carbocycles. The molecule has 0 bridgehead atoms. The van der Waals surface area contributed by atoms with Crippen molar-refractivity contribution in [2.45, 2.75) is 19.3 Å². The summed E-state index contributed by atoms with van der Waals surface area (Å²) < 4.78 is 13.4. The van der Waals surface area contributed by atoms with E-state index in [2.05, 4.69) is 207 Å². The Labute approximate surface area is 348 Å². The van der Waals surface area contributed by atoms with Crippen molar-refractivity contribution in [3.63, 3.8) is 0 Å². The lowest BCUT2D eigenvalue weighted by atomic mass is 9.81. The van der Waals surface area contributed by atoms with E-state index in [1.807, 2.05) is 12.1 Å². The summed E-state index contributed by atoms with van der Waals surface area (Å²) in [4.78, 5) is 2.47. The van der Waals surface area contributed by atoms with Gasteiger partial charge in [0.15, 0.2) is 0 Å². The molecule has 11 aromatic rings. The number of furan rings is 2. The van der Waals surface area contributed by atoms with Crippen LogP contribution in [0.25, 0.3) is 88.4 Å². The fourth-order valence-electron chi connectivity index (χ4n) is 9.92. The third-order valence-corrected chi connectivity index (χ3v) is 12.7. The van der Waals surface area contributed by atoms with E-state index in [1.165, 1.54) is 33.4 Å². The Hall–Kier alpha value is -7.62. The molecule has 0 unspecified atom stereocenters. The van der Waals surface area contributed by atoms with Crippen LogP contribution in [0.3, 0.4) is 0 Å². The van der Waals surface area contributed by atoms with Gasteiger partial charge in [0, 0.05) is 32.8 Å². The van der Waals surface area contributed by atoms with Gasteiger partial charge in [0.25, 0.3) is 0 Å². The topological polar surface area (TPSA) is 29.5 Å². The number of anilines is 3. The minimum Gasteiger partial charge on any atom is -0.456 e. The Morgan fingerprint density at radius 2 is 1.00 bits per heavy atom. The average molecular weight is 770 g/mol. The normalized spacial score (nSPS) is 13.0. The minimum atomic E-state index is -0.234. The van der Waals surface area contributed by atoms with Gasteiger partial charge < -0.3 is 13.7 Å². The van der Waals surface area contributed by atoms with Gasteiger partial charge >= 0.3 is 0 Å². The summed E-state index contributed by atoms with van der Waals surface area (Å²) in [5.41, 5.74) is 18.5. The van der Waals surface area contributed by atoms with Crippen LogP contribution in [0.15, 0.2) is 209 Å². The van der Waals surface area contributed by atoms with Crippen molar-refractivity contribution in [1.29, 1.82) is 0 Å². The Balaban J connectivity index is 1.10. The molecule has 0 amide bonds. The van der Waals surface area contributed by atoms with Crippen LogP contribution in [0.5, 0.6) is 0 Å². The number of hydrogen-bond donors (Lipinski definition) is 0.